The summed E-state index contributed by atoms with van der Waals surface area (Å²) in [6, 6.07) is 9.22. The topological polar surface area (TPSA) is 94.4 Å². The van der Waals surface area contributed by atoms with Crippen LogP contribution in [0, 0.1) is 10.1 Å². The smallest absolute Gasteiger partial charge is 0.282 e. The van der Waals surface area contributed by atoms with Crippen molar-refractivity contribution in [2.24, 2.45) is 0 Å². The molecule has 1 aromatic carbocycles. The first-order chi connectivity index (χ1) is 10.1. The fourth-order valence-electron chi connectivity index (χ4n) is 1.77. The third kappa shape index (κ3) is 3.53. The van der Waals surface area contributed by atoms with Crippen molar-refractivity contribution in [3.05, 3.63) is 63.8 Å². The Balaban J connectivity index is 2.10. The number of amides is 1. The molecule has 2 rings (SSSR count). The van der Waals surface area contributed by atoms with Gasteiger partial charge >= 0.3 is 0 Å². The van der Waals surface area contributed by atoms with Crippen LogP contribution in [0.25, 0.3) is 0 Å². The highest BCUT2D eigenvalue weighted by atomic mass is 16.6. The van der Waals surface area contributed by atoms with Gasteiger partial charge in [-0.15, -0.1) is 0 Å². The van der Waals surface area contributed by atoms with Gasteiger partial charge in [0.15, 0.2) is 0 Å². The first-order valence-corrected chi connectivity index (χ1v) is 6.12. The van der Waals surface area contributed by atoms with Gasteiger partial charge in [0, 0.05) is 24.9 Å². The zero-order valence-corrected chi connectivity index (χ0v) is 11.3. The Morgan fingerprint density at radius 2 is 2.14 bits per heavy atom. The number of ether oxygens (including phenoxy) is 1. The second kappa shape index (κ2) is 6.47. The molecule has 0 aliphatic rings. The monoisotopic (exact) mass is 287 g/mol. The van der Waals surface area contributed by atoms with Crippen molar-refractivity contribution in [3.8, 4) is 5.88 Å². The van der Waals surface area contributed by atoms with Crippen LogP contribution in [0.4, 0.5) is 5.69 Å². The van der Waals surface area contributed by atoms with Gasteiger partial charge in [-0.05, 0) is 17.7 Å². The average molecular weight is 287 g/mol. The number of carbonyl (C=O) groups excluding carboxylic acids is 1. The van der Waals surface area contributed by atoms with Crippen molar-refractivity contribution in [3.63, 3.8) is 0 Å². The molecule has 7 heteroatoms. The van der Waals surface area contributed by atoms with Gasteiger partial charge in [0.25, 0.3) is 11.6 Å². The summed E-state index contributed by atoms with van der Waals surface area (Å²) in [5.41, 5.74) is 0.597. The van der Waals surface area contributed by atoms with Crippen molar-refractivity contribution in [2.45, 2.75) is 6.54 Å². The van der Waals surface area contributed by atoms with Crippen LogP contribution in [0.5, 0.6) is 5.88 Å². The standard InChI is InChI=1S/C14H13N3O4/c1-21-13-8-10(6-7-15-13)9-16-14(18)11-4-2-3-5-12(11)17(19)20/h2-8H,9H2,1H3,(H,16,18). The van der Waals surface area contributed by atoms with E-state index in [0.29, 0.717) is 5.88 Å². The zero-order chi connectivity index (χ0) is 15.2. The number of pyridine rings is 1. The van der Waals surface area contributed by atoms with Gasteiger partial charge in [0.05, 0.1) is 12.0 Å². The van der Waals surface area contributed by atoms with Crippen LogP contribution in [-0.2, 0) is 6.54 Å². The summed E-state index contributed by atoms with van der Waals surface area (Å²) in [5, 5.41) is 13.5. The number of rotatable bonds is 5. The molecule has 21 heavy (non-hydrogen) atoms. The number of methoxy groups -OCH3 is 1. The average Bonchev–Trinajstić information content (AvgIpc) is 2.52. The number of nitro groups is 1. The predicted octanol–water partition coefficient (Wildman–Crippen LogP) is 1.93. The highest BCUT2D eigenvalue weighted by Crippen LogP contribution is 2.17. The molecule has 0 saturated heterocycles. The molecule has 1 aromatic heterocycles. The van der Waals surface area contributed by atoms with Crippen LogP contribution in [0.3, 0.4) is 0 Å². The van der Waals surface area contributed by atoms with Crippen LogP contribution in [-0.4, -0.2) is 22.9 Å². The van der Waals surface area contributed by atoms with Gasteiger partial charge in [0.1, 0.15) is 5.56 Å². The molecule has 0 fully saturated rings. The van der Waals surface area contributed by atoms with E-state index in [2.05, 4.69) is 10.3 Å². The molecule has 0 bridgehead atoms. The molecule has 1 N–H and O–H groups in total. The minimum absolute atomic E-state index is 0.0310. The van der Waals surface area contributed by atoms with Crippen LogP contribution in [0.2, 0.25) is 0 Å². The largest absolute Gasteiger partial charge is 0.481 e. The summed E-state index contributed by atoms with van der Waals surface area (Å²) >= 11 is 0. The first kappa shape index (κ1) is 14.4. The number of para-hydroxylation sites is 1. The van der Waals surface area contributed by atoms with E-state index < -0.39 is 10.8 Å². The van der Waals surface area contributed by atoms with Crippen LogP contribution < -0.4 is 10.1 Å². The molecule has 0 spiro atoms. The fraction of sp³-hybridized carbons (Fsp3) is 0.143. The fourth-order valence-corrected chi connectivity index (χ4v) is 1.77. The Hall–Kier alpha value is -2.96. The summed E-state index contributed by atoms with van der Waals surface area (Å²) in [5.74, 6) is -0.0643. The summed E-state index contributed by atoms with van der Waals surface area (Å²) in [6.07, 6.45) is 1.56. The summed E-state index contributed by atoms with van der Waals surface area (Å²) < 4.78 is 4.98. The lowest BCUT2D eigenvalue weighted by atomic mass is 10.1. The second-order valence-electron chi connectivity index (χ2n) is 4.16. The highest BCUT2D eigenvalue weighted by molar-refractivity contribution is 5.98. The molecule has 0 radical (unpaired) electrons. The molecule has 2 aromatic rings. The summed E-state index contributed by atoms with van der Waals surface area (Å²) in [7, 11) is 1.50. The van der Waals surface area contributed by atoms with E-state index in [1.807, 2.05) is 0 Å². The zero-order valence-electron chi connectivity index (χ0n) is 11.3. The summed E-state index contributed by atoms with van der Waals surface area (Å²) in [4.78, 5) is 26.3. The van der Waals surface area contributed by atoms with Gasteiger partial charge in [0.2, 0.25) is 5.88 Å². The van der Waals surface area contributed by atoms with E-state index in [1.165, 1.54) is 25.3 Å². The Morgan fingerprint density at radius 3 is 2.86 bits per heavy atom. The van der Waals surface area contributed by atoms with E-state index in [-0.39, 0.29) is 17.8 Å². The van der Waals surface area contributed by atoms with Crippen LogP contribution >= 0.6 is 0 Å². The van der Waals surface area contributed by atoms with Crippen molar-refractivity contribution in [2.75, 3.05) is 7.11 Å². The minimum Gasteiger partial charge on any atom is -0.481 e. The van der Waals surface area contributed by atoms with Gasteiger partial charge in [-0.2, -0.15) is 0 Å². The molecule has 0 atom stereocenters. The second-order valence-corrected chi connectivity index (χ2v) is 4.16. The molecule has 0 saturated carbocycles. The number of nitrogens with zero attached hydrogens (tertiary/aromatic N) is 2. The molecule has 7 nitrogen and oxygen atoms in total. The Kier molecular flexibility index (Phi) is 4.45. The van der Waals surface area contributed by atoms with Gasteiger partial charge in [-0.1, -0.05) is 12.1 Å². The SMILES string of the molecule is COc1cc(CNC(=O)c2ccccc2[N+](=O)[O-])ccn1. The molecule has 108 valence electrons. The number of hydrogen-bond acceptors (Lipinski definition) is 5. The maximum Gasteiger partial charge on any atom is 0.282 e. The Morgan fingerprint density at radius 1 is 1.38 bits per heavy atom. The van der Waals surface area contributed by atoms with Gasteiger partial charge < -0.3 is 10.1 Å². The van der Waals surface area contributed by atoms with E-state index in [9.17, 15) is 14.9 Å². The summed E-state index contributed by atoms with van der Waals surface area (Å²) in [6.45, 7) is 0.226. The van der Waals surface area contributed by atoms with Crippen molar-refractivity contribution in [1.29, 1.82) is 0 Å². The molecular weight excluding hydrogens is 274 g/mol. The minimum atomic E-state index is -0.579. The molecule has 0 aliphatic carbocycles. The molecule has 0 aliphatic heterocycles. The third-order valence-corrected chi connectivity index (χ3v) is 2.81. The van der Waals surface area contributed by atoms with Crippen LogP contribution in [0.15, 0.2) is 42.6 Å². The highest BCUT2D eigenvalue weighted by Gasteiger charge is 2.18. The van der Waals surface area contributed by atoms with E-state index in [4.69, 9.17) is 4.74 Å². The van der Waals surface area contributed by atoms with Crippen LogP contribution in [0.1, 0.15) is 15.9 Å². The molecular formula is C14H13N3O4. The number of nitrogens with one attached hydrogen (secondary N) is 1. The number of hydrogen-bond donors (Lipinski definition) is 1. The van der Waals surface area contributed by atoms with E-state index in [0.717, 1.165) is 5.56 Å². The molecule has 0 unspecified atom stereocenters. The lowest BCUT2D eigenvalue weighted by Crippen LogP contribution is -2.23. The third-order valence-electron chi connectivity index (χ3n) is 2.81. The lowest BCUT2D eigenvalue weighted by Gasteiger charge is -2.06. The molecule has 1 amide bonds. The number of aromatic nitrogens is 1. The van der Waals surface area contributed by atoms with Crippen molar-refractivity contribution >= 4 is 11.6 Å². The van der Waals surface area contributed by atoms with Gasteiger partial charge in [-0.3, -0.25) is 14.9 Å². The normalized spacial score (nSPS) is 9.95. The number of benzene rings is 1. The number of carbonyl (C=O) groups is 1. The van der Waals surface area contributed by atoms with Crippen molar-refractivity contribution in [1.82, 2.24) is 10.3 Å². The van der Waals surface area contributed by atoms with Crippen molar-refractivity contribution < 1.29 is 14.5 Å². The lowest BCUT2D eigenvalue weighted by molar-refractivity contribution is -0.385. The Bertz CT molecular complexity index is 673. The predicted molar refractivity (Wildman–Crippen MR) is 75.1 cm³/mol. The van der Waals surface area contributed by atoms with E-state index >= 15 is 0 Å². The number of nitro benzene ring substituents is 1. The quantitative estimate of drug-likeness (QED) is 0.669. The maximum atomic E-state index is 12.0. The Labute approximate surface area is 120 Å². The first-order valence-electron chi connectivity index (χ1n) is 6.12. The van der Waals surface area contributed by atoms with E-state index in [1.54, 1.807) is 24.4 Å². The molecule has 1 heterocycles. The van der Waals surface area contributed by atoms with Gasteiger partial charge in [-0.25, -0.2) is 4.98 Å². The maximum absolute atomic E-state index is 12.0.